The molecule has 1 amide bonds. The first-order chi connectivity index (χ1) is 8.49. The molecule has 1 aliphatic heterocycles. The lowest BCUT2D eigenvalue weighted by molar-refractivity contribution is 0.0690. The average molecular weight is 351 g/mol. The van der Waals surface area contributed by atoms with Crippen molar-refractivity contribution in [1.82, 2.24) is 4.90 Å². The number of alkyl halides is 1. The van der Waals surface area contributed by atoms with Crippen LogP contribution in [0, 0.1) is 5.92 Å². The molecule has 0 aliphatic carbocycles. The number of nitrogens with zero attached hydrogens (tertiary/aromatic N) is 1. The summed E-state index contributed by atoms with van der Waals surface area (Å²) in [5.74, 6) is 0.491. The van der Waals surface area contributed by atoms with E-state index >= 15 is 0 Å². The molecule has 98 valence electrons. The third-order valence-electron chi connectivity index (χ3n) is 3.25. The number of amides is 1. The van der Waals surface area contributed by atoms with Crippen molar-refractivity contribution in [1.29, 1.82) is 0 Å². The largest absolute Gasteiger partial charge is 0.338 e. The van der Waals surface area contributed by atoms with E-state index in [0.717, 1.165) is 19.5 Å². The summed E-state index contributed by atoms with van der Waals surface area (Å²) in [6.07, 6.45) is 0.980. The Bertz CT molecular complexity index is 466. The maximum Gasteiger partial charge on any atom is 0.253 e. The van der Waals surface area contributed by atoms with E-state index in [1.165, 1.54) is 0 Å². The highest BCUT2D eigenvalue weighted by atomic mass is 79.9. The molecule has 0 saturated carbocycles. The third kappa shape index (κ3) is 3.01. The van der Waals surface area contributed by atoms with Gasteiger partial charge in [-0.2, -0.15) is 0 Å². The molecule has 2 atom stereocenters. The van der Waals surface area contributed by atoms with Crippen LogP contribution in [0.1, 0.15) is 23.7 Å². The first-order valence-corrected chi connectivity index (χ1v) is 7.54. The van der Waals surface area contributed by atoms with E-state index in [9.17, 15) is 4.79 Å². The fourth-order valence-electron chi connectivity index (χ4n) is 2.11. The Balaban J connectivity index is 2.14. The summed E-state index contributed by atoms with van der Waals surface area (Å²) in [6.45, 7) is 3.70. The highest BCUT2D eigenvalue weighted by molar-refractivity contribution is 9.09. The lowest BCUT2D eigenvalue weighted by atomic mass is 9.99. The first kappa shape index (κ1) is 14.2. The number of carbonyl (C=O) groups excluding carboxylic acids is 1. The normalized spacial score (nSPS) is 24.1. The van der Waals surface area contributed by atoms with Crippen LogP contribution in [0.25, 0.3) is 0 Å². The number of carbonyl (C=O) groups is 1. The Morgan fingerprint density at radius 1 is 1.39 bits per heavy atom. The molecule has 1 aromatic carbocycles. The van der Waals surface area contributed by atoms with Crippen molar-refractivity contribution < 1.29 is 4.79 Å². The monoisotopic (exact) mass is 349 g/mol. The number of hydrogen-bond acceptors (Lipinski definition) is 1. The van der Waals surface area contributed by atoms with Crippen molar-refractivity contribution in [2.75, 3.05) is 13.1 Å². The summed E-state index contributed by atoms with van der Waals surface area (Å²) in [5.41, 5.74) is 0.602. The summed E-state index contributed by atoms with van der Waals surface area (Å²) < 4.78 is 0. The molecule has 1 aliphatic rings. The molecule has 5 heteroatoms. The second kappa shape index (κ2) is 5.81. The summed E-state index contributed by atoms with van der Waals surface area (Å²) >= 11 is 15.4. The maximum atomic E-state index is 12.3. The van der Waals surface area contributed by atoms with E-state index in [4.69, 9.17) is 23.2 Å². The minimum atomic E-state index is 0.0276. The molecule has 2 nitrogen and oxygen atoms in total. The van der Waals surface area contributed by atoms with Crippen LogP contribution < -0.4 is 0 Å². The molecule has 1 aromatic rings. The van der Waals surface area contributed by atoms with Gasteiger partial charge in [-0.3, -0.25) is 4.79 Å². The quantitative estimate of drug-likeness (QED) is 0.694. The summed E-state index contributed by atoms with van der Waals surface area (Å²) in [4.78, 5) is 14.7. The fraction of sp³-hybridized carbons (Fsp3) is 0.462. The number of benzene rings is 1. The van der Waals surface area contributed by atoms with Crippen molar-refractivity contribution in [3.05, 3.63) is 33.8 Å². The topological polar surface area (TPSA) is 20.3 Å². The van der Waals surface area contributed by atoms with Crippen molar-refractivity contribution in [2.24, 2.45) is 5.92 Å². The van der Waals surface area contributed by atoms with E-state index in [-0.39, 0.29) is 5.91 Å². The molecule has 18 heavy (non-hydrogen) atoms. The Hall–Kier alpha value is -0.250. The third-order valence-corrected chi connectivity index (χ3v) is 5.35. The van der Waals surface area contributed by atoms with Gasteiger partial charge in [0.15, 0.2) is 0 Å². The van der Waals surface area contributed by atoms with Crippen LogP contribution in [0.2, 0.25) is 10.0 Å². The zero-order valence-corrected chi connectivity index (χ0v) is 13.1. The van der Waals surface area contributed by atoms with Crippen molar-refractivity contribution >= 4 is 45.0 Å². The van der Waals surface area contributed by atoms with Gasteiger partial charge in [-0.05, 0) is 30.5 Å². The van der Waals surface area contributed by atoms with Gasteiger partial charge in [-0.15, -0.1) is 0 Å². The molecule has 2 unspecified atom stereocenters. The van der Waals surface area contributed by atoms with Gasteiger partial charge >= 0.3 is 0 Å². The highest BCUT2D eigenvalue weighted by Gasteiger charge is 2.27. The van der Waals surface area contributed by atoms with Gasteiger partial charge in [0.05, 0.1) is 10.0 Å². The van der Waals surface area contributed by atoms with E-state index < -0.39 is 0 Å². The average Bonchev–Trinajstić information content (AvgIpc) is 2.35. The molecule has 1 saturated heterocycles. The molecule has 0 radical (unpaired) electrons. The lowest BCUT2D eigenvalue weighted by Crippen LogP contribution is -2.43. The predicted molar refractivity (Wildman–Crippen MR) is 78.9 cm³/mol. The molecule has 0 spiro atoms. The van der Waals surface area contributed by atoms with Gasteiger partial charge < -0.3 is 4.90 Å². The van der Waals surface area contributed by atoms with Gasteiger partial charge in [-0.1, -0.05) is 46.1 Å². The second-order valence-corrected chi connectivity index (χ2v) is 6.65. The maximum absolute atomic E-state index is 12.3. The number of likely N-dealkylation sites (tertiary alicyclic amines) is 1. The van der Waals surface area contributed by atoms with Crippen LogP contribution in [0.5, 0.6) is 0 Å². The van der Waals surface area contributed by atoms with E-state index in [1.807, 2.05) is 4.90 Å². The van der Waals surface area contributed by atoms with Crippen LogP contribution in [-0.2, 0) is 0 Å². The van der Waals surface area contributed by atoms with Gasteiger partial charge in [0.1, 0.15) is 0 Å². The SMILES string of the molecule is CC1CN(C(=O)c2ccc(Cl)c(Cl)c2)CCC1Br. The van der Waals surface area contributed by atoms with Crippen LogP contribution >= 0.6 is 39.1 Å². The molecule has 1 heterocycles. The molecule has 0 bridgehead atoms. The van der Waals surface area contributed by atoms with Gasteiger partial charge in [-0.25, -0.2) is 0 Å². The smallest absolute Gasteiger partial charge is 0.253 e. The zero-order valence-electron chi connectivity index (χ0n) is 10.00. The summed E-state index contributed by atoms with van der Waals surface area (Å²) in [6, 6.07) is 5.02. The zero-order chi connectivity index (χ0) is 13.3. The molecule has 0 N–H and O–H groups in total. The summed E-state index contributed by atoms with van der Waals surface area (Å²) in [7, 11) is 0. The van der Waals surface area contributed by atoms with Gasteiger partial charge in [0.25, 0.3) is 5.91 Å². The van der Waals surface area contributed by atoms with Crippen LogP contribution in [0.4, 0.5) is 0 Å². The Labute approximate surface area is 125 Å². The van der Waals surface area contributed by atoms with Crippen molar-refractivity contribution in [2.45, 2.75) is 18.2 Å². The van der Waals surface area contributed by atoms with Crippen LogP contribution in [-0.4, -0.2) is 28.7 Å². The molecular weight excluding hydrogens is 337 g/mol. The summed E-state index contributed by atoms with van der Waals surface area (Å²) in [5, 5.41) is 0.895. The van der Waals surface area contributed by atoms with Gasteiger partial charge in [0.2, 0.25) is 0 Å². The molecule has 2 rings (SSSR count). The minimum Gasteiger partial charge on any atom is -0.338 e. The van der Waals surface area contributed by atoms with Crippen LogP contribution in [0.15, 0.2) is 18.2 Å². The Morgan fingerprint density at radius 3 is 2.72 bits per heavy atom. The minimum absolute atomic E-state index is 0.0276. The number of halogens is 3. The number of hydrogen-bond donors (Lipinski definition) is 0. The van der Waals surface area contributed by atoms with E-state index in [2.05, 4.69) is 22.9 Å². The fourth-order valence-corrected chi connectivity index (χ4v) is 2.78. The van der Waals surface area contributed by atoms with Crippen LogP contribution in [0.3, 0.4) is 0 Å². The van der Waals surface area contributed by atoms with Crippen molar-refractivity contribution in [3.8, 4) is 0 Å². The second-order valence-electron chi connectivity index (χ2n) is 4.66. The lowest BCUT2D eigenvalue weighted by Gasteiger charge is -2.34. The van der Waals surface area contributed by atoms with E-state index in [0.29, 0.717) is 26.4 Å². The van der Waals surface area contributed by atoms with E-state index in [1.54, 1.807) is 18.2 Å². The number of rotatable bonds is 1. The molecule has 0 aromatic heterocycles. The highest BCUT2D eigenvalue weighted by Crippen LogP contribution is 2.26. The molecular formula is C13H14BrCl2NO. The molecule has 1 fully saturated rings. The first-order valence-electron chi connectivity index (χ1n) is 5.87. The van der Waals surface area contributed by atoms with Gasteiger partial charge in [0, 0.05) is 23.5 Å². The Kier molecular flexibility index (Phi) is 4.57. The number of piperidine rings is 1. The predicted octanol–water partition coefficient (Wildman–Crippen LogP) is 4.24. The Morgan fingerprint density at radius 2 is 2.11 bits per heavy atom. The van der Waals surface area contributed by atoms with Crippen molar-refractivity contribution in [3.63, 3.8) is 0 Å². The standard InChI is InChI=1S/C13H14BrCl2NO/c1-8-7-17(5-4-10(8)14)13(18)9-2-3-11(15)12(16)6-9/h2-3,6,8,10H,4-5,7H2,1H3.